The van der Waals surface area contributed by atoms with E-state index in [0.717, 1.165) is 25.9 Å². The molecule has 0 amide bonds. The Hall–Kier alpha value is -0.370. The summed E-state index contributed by atoms with van der Waals surface area (Å²) in [5, 5.41) is 3.09. The van der Waals surface area contributed by atoms with Crippen LogP contribution in [-0.4, -0.2) is 18.9 Å². The topological polar surface area (TPSA) is 29.1 Å². The highest BCUT2D eigenvalue weighted by atomic mass is 16.1. The van der Waals surface area contributed by atoms with Gasteiger partial charge in [0.2, 0.25) is 0 Å². The van der Waals surface area contributed by atoms with Crippen molar-refractivity contribution in [2.24, 2.45) is 0 Å². The second kappa shape index (κ2) is 12.3. The van der Waals surface area contributed by atoms with Gasteiger partial charge in [0.1, 0.15) is 5.78 Å². The first-order chi connectivity index (χ1) is 5.39. The lowest BCUT2D eigenvalue weighted by atomic mass is 10.1. The lowest BCUT2D eigenvalue weighted by molar-refractivity contribution is -0.119. The first-order valence-corrected chi connectivity index (χ1v) is 4.62. The normalized spacial score (nSPS) is 15.5. The summed E-state index contributed by atoms with van der Waals surface area (Å²) in [6, 6.07) is 0. The Kier molecular flexibility index (Phi) is 14.8. The fourth-order valence-electron chi connectivity index (χ4n) is 0.706. The van der Waals surface area contributed by atoms with Gasteiger partial charge >= 0.3 is 0 Å². The second-order valence-corrected chi connectivity index (χ2v) is 1.79. The zero-order chi connectivity index (χ0) is 9.11. The second-order valence-electron chi connectivity index (χ2n) is 1.79. The predicted octanol–water partition coefficient (Wildman–Crippen LogP) is 1.99. The highest BCUT2D eigenvalue weighted by Gasteiger charge is 2.04. The van der Waals surface area contributed by atoms with E-state index in [9.17, 15) is 4.79 Å². The Morgan fingerprint density at radius 2 is 1.36 bits per heavy atom. The molecule has 1 fully saturated rings. The first-order valence-electron chi connectivity index (χ1n) is 4.62. The minimum Gasteiger partial charge on any atom is -0.316 e. The van der Waals surface area contributed by atoms with Gasteiger partial charge in [-0.25, -0.2) is 0 Å². The van der Waals surface area contributed by atoms with Crippen molar-refractivity contribution in [3.8, 4) is 0 Å². The van der Waals surface area contributed by atoms with Crippen LogP contribution in [-0.2, 0) is 4.79 Å². The summed E-state index contributed by atoms with van der Waals surface area (Å²) in [5.41, 5.74) is 0. The predicted molar refractivity (Wildman–Crippen MR) is 49.8 cm³/mol. The zero-order valence-corrected chi connectivity index (χ0v) is 8.24. The van der Waals surface area contributed by atoms with Crippen molar-refractivity contribution < 1.29 is 4.79 Å². The summed E-state index contributed by atoms with van der Waals surface area (Å²) >= 11 is 0. The van der Waals surface area contributed by atoms with Gasteiger partial charge in [-0.2, -0.15) is 0 Å². The molecule has 2 nitrogen and oxygen atoms in total. The lowest BCUT2D eigenvalue weighted by Gasteiger charge is -2.08. The number of ketones is 1. The molecule has 1 aliphatic rings. The summed E-state index contributed by atoms with van der Waals surface area (Å²) in [5.74, 6) is 0.402. The van der Waals surface area contributed by atoms with E-state index in [0.29, 0.717) is 5.78 Å². The van der Waals surface area contributed by atoms with Crippen LogP contribution in [0.2, 0.25) is 0 Å². The van der Waals surface area contributed by atoms with Gasteiger partial charge < -0.3 is 5.32 Å². The van der Waals surface area contributed by atoms with Gasteiger partial charge in [-0.15, -0.1) is 0 Å². The zero-order valence-electron chi connectivity index (χ0n) is 8.24. The van der Waals surface area contributed by atoms with Crippen molar-refractivity contribution in [3.05, 3.63) is 0 Å². The van der Waals surface area contributed by atoms with E-state index in [1.807, 2.05) is 27.7 Å². The van der Waals surface area contributed by atoms with Crippen LogP contribution in [0, 0.1) is 0 Å². The molecule has 0 bridgehead atoms. The van der Waals surface area contributed by atoms with Gasteiger partial charge in [0, 0.05) is 25.9 Å². The van der Waals surface area contributed by atoms with E-state index in [1.54, 1.807) is 0 Å². The first kappa shape index (κ1) is 13.2. The van der Waals surface area contributed by atoms with Crippen LogP contribution in [0.3, 0.4) is 0 Å². The Morgan fingerprint density at radius 1 is 1.00 bits per heavy atom. The molecule has 0 saturated carbocycles. The van der Waals surface area contributed by atoms with Gasteiger partial charge in [-0.1, -0.05) is 27.7 Å². The van der Waals surface area contributed by atoms with Crippen molar-refractivity contribution in [1.82, 2.24) is 5.32 Å². The van der Waals surface area contributed by atoms with E-state index in [1.165, 1.54) is 0 Å². The summed E-state index contributed by atoms with van der Waals surface area (Å²) < 4.78 is 0. The van der Waals surface area contributed by atoms with Gasteiger partial charge in [0.25, 0.3) is 0 Å². The van der Waals surface area contributed by atoms with E-state index in [4.69, 9.17) is 0 Å². The molecule has 1 N–H and O–H groups in total. The van der Waals surface area contributed by atoms with Crippen molar-refractivity contribution in [3.63, 3.8) is 0 Å². The molecular formula is C9H21NO. The molecule has 0 atom stereocenters. The van der Waals surface area contributed by atoms with Crippen LogP contribution >= 0.6 is 0 Å². The molecule has 68 valence electrons. The number of nitrogens with one attached hydrogen (secondary N) is 1. The Bertz CT molecular complexity index is 73.6. The molecule has 11 heavy (non-hydrogen) atoms. The standard InChI is InChI=1S/C5H9NO.2C2H6/c7-5-1-3-6-4-2-5;2*1-2/h6H,1-4H2;2*1-2H3. The minimum absolute atomic E-state index is 0.402. The summed E-state index contributed by atoms with van der Waals surface area (Å²) in [6.45, 7) is 9.78. The average molecular weight is 159 g/mol. The van der Waals surface area contributed by atoms with E-state index < -0.39 is 0 Å². The number of hydrogen-bond donors (Lipinski definition) is 1. The third kappa shape index (κ3) is 9.63. The summed E-state index contributed by atoms with van der Waals surface area (Å²) in [4.78, 5) is 10.4. The number of carbonyl (C=O) groups excluding carboxylic acids is 1. The molecule has 0 aromatic carbocycles. The maximum atomic E-state index is 10.4. The van der Waals surface area contributed by atoms with Crippen molar-refractivity contribution >= 4 is 5.78 Å². The highest BCUT2D eigenvalue weighted by Crippen LogP contribution is 1.91. The number of carbonyl (C=O) groups is 1. The molecular weight excluding hydrogens is 138 g/mol. The van der Waals surface area contributed by atoms with Crippen molar-refractivity contribution in [2.45, 2.75) is 40.5 Å². The van der Waals surface area contributed by atoms with Gasteiger partial charge in [-0.3, -0.25) is 4.79 Å². The van der Waals surface area contributed by atoms with E-state index in [2.05, 4.69) is 5.32 Å². The van der Waals surface area contributed by atoms with Crippen molar-refractivity contribution in [1.29, 1.82) is 0 Å². The molecule has 0 aromatic rings. The molecule has 1 saturated heterocycles. The Balaban J connectivity index is 0. The van der Waals surface area contributed by atoms with Crippen LogP contribution in [0.25, 0.3) is 0 Å². The van der Waals surface area contributed by atoms with Crippen LogP contribution in [0.4, 0.5) is 0 Å². The molecule has 0 unspecified atom stereocenters. The Morgan fingerprint density at radius 3 is 1.55 bits per heavy atom. The van der Waals surface area contributed by atoms with Crippen LogP contribution in [0.5, 0.6) is 0 Å². The largest absolute Gasteiger partial charge is 0.316 e. The maximum Gasteiger partial charge on any atom is 0.135 e. The minimum atomic E-state index is 0.402. The highest BCUT2D eigenvalue weighted by molar-refractivity contribution is 5.79. The number of piperidine rings is 1. The smallest absolute Gasteiger partial charge is 0.135 e. The fraction of sp³-hybridized carbons (Fsp3) is 0.889. The van der Waals surface area contributed by atoms with Crippen LogP contribution in [0.15, 0.2) is 0 Å². The number of Topliss-reactive ketones (excluding diaryl/α,β-unsaturated/α-hetero) is 1. The molecule has 2 heteroatoms. The van der Waals surface area contributed by atoms with Crippen molar-refractivity contribution in [2.75, 3.05) is 13.1 Å². The van der Waals surface area contributed by atoms with Crippen LogP contribution in [0.1, 0.15) is 40.5 Å². The molecule has 1 rings (SSSR count). The summed E-state index contributed by atoms with van der Waals surface area (Å²) in [6.07, 6.45) is 1.47. The van der Waals surface area contributed by atoms with Gasteiger partial charge in [-0.05, 0) is 0 Å². The number of hydrogen-bond acceptors (Lipinski definition) is 2. The molecule has 1 heterocycles. The van der Waals surface area contributed by atoms with E-state index in [-0.39, 0.29) is 0 Å². The summed E-state index contributed by atoms with van der Waals surface area (Å²) in [7, 11) is 0. The van der Waals surface area contributed by atoms with Gasteiger partial charge in [0.05, 0.1) is 0 Å². The van der Waals surface area contributed by atoms with Crippen LogP contribution < -0.4 is 5.32 Å². The third-order valence-corrected chi connectivity index (χ3v) is 1.16. The van der Waals surface area contributed by atoms with Gasteiger partial charge in [0.15, 0.2) is 0 Å². The third-order valence-electron chi connectivity index (χ3n) is 1.16. The fourth-order valence-corrected chi connectivity index (χ4v) is 0.706. The molecule has 0 aromatic heterocycles. The average Bonchev–Trinajstić information content (AvgIpc) is 2.13. The van der Waals surface area contributed by atoms with E-state index >= 15 is 0 Å². The monoisotopic (exact) mass is 159 g/mol. The lowest BCUT2D eigenvalue weighted by Crippen LogP contribution is -2.27. The molecule has 1 aliphatic heterocycles. The maximum absolute atomic E-state index is 10.4. The molecule has 0 radical (unpaired) electrons. The molecule has 0 aliphatic carbocycles. The quantitative estimate of drug-likeness (QED) is 0.585. The number of rotatable bonds is 0. The molecule has 0 spiro atoms. The Labute approximate surface area is 70.4 Å². The SMILES string of the molecule is CC.CC.O=C1CCNCC1.